The Hall–Kier alpha value is -2.92. The number of ketones is 1. The number of carbonyl (C=O) groups is 1. The Morgan fingerprint density at radius 2 is 2.12 bits per heavy atom. The van der Waals surface area contributed by atoms with Crippen LogP contribution >= 0.6 is 0 Å². The van der Waals surface area contributed by atoms with E-state index in [2.05, 4.69) is 5.10 Å². The third-order valence-corrected chi connectivity index (χ3v) is 4.09. The maximum absolute atomic E-state index is 12.8. The molecule has 0 amide bonds. The van der Waals surface area contributed by atoms with Crippen molar-refractivity contribution >= 4 is 5.78 Å². The summed E-state index contributed by atoms with van der Waals surface area (Å²) in [5.74, 6) is -0.602. The fourth-order valence-electron chi connectivity index (χ4n) is 2.86. The van der Waals surface area contributed by atoms with Gasteiger partial charge in [0.05, 0.1) is 24.0 Å². The number of nitrogens with zero attached hydrogens (tertiary/aromatic N) is 2. The van der Waals surface area contributed by atoms with Crippen molar-refractivity contribution in [1.82, 2.24) is 9.78 Å². The zero-order chi connectivity index (χ0) is 17.6. The van der Waals surface area contributed by atoms with E-state index in [-0.39, 0.29) is 11.5 Å². The zero-order valence-corrected chi connectivity index (χ0v) is 13.9. The number of aromatic nitrogens is 2. The molecule has 0 bridgehead atoms. The Kier molecular flexibility index (Phi) is 5.26. The molecule has 0 aliphatic carbocycles. The molecule has 2 heterocycles. The highest BCUT2D eigenvalue weighted by atomic mass is 16.3. The average molecular weight is 336 g/mol. The van der Waals surface area contributed by atoms with E-state index in [4.69, 9.17) is 4.42 Å². The van der Waals surface area contributed by atoms with Crippen LogP contribution in [-0.2, 0) is 6.42 Å². The first kappa shape index (κ1) is 16.9. The molecule has 5 nitrogen and oxygen atoms in total. The van der Waals surface area contributed by atoms with Gasteiger partial charge in [0, 0.05) is 12.4 Å². The predicted molar refractivity (Wildman–Crippen MR) is 94.6 cm³/mol. The van der Waals surface area contributed by atoms with Crippen molar-refractivity contribution in [3.63, 3.8) is 0 Å². The highest BCUT2D eigenvalue weighted by Gasteiger charge is 2.29. The highest BCUT2D eigenvalue weighted by Crippen LogP contribution is 2.23. The monoisotopic (exact) mass is 336 g/mol. The van der Waals surface area contributed by atoms with Gasteiger partial charge in [0.1, 0.15) is 0 Å². The van der Waals surface area contributed by atoms with Crippen molar-refractivity contribution in [2.24, 2.45) is 5.92 Å². The molecular weight excluding hydrogens is 316 g/mol. The van der Waals surface area contributed by atoms with Gasteiger partial charge in [-0.15, -0.1) is 0 Å². The summed E-state index contributed by atoms with van der Waals surface area (Å²) in [6.45, 7) is 1.81. The van der Waals surface area contributed by atoms with E-state index < -0.39 is 12.0 Å². The average Bonchev–Trinajstić information content (AvgIpc) is 3.33. The van der Waals surface area contributed by atoms with Crippen molar-refractivity contribution in [3.05, 3.63) is 84.6 Å². The van der Waals surface area contributed by atoms with Gasteiger partial charge in [-0.05, 0) is 43.2 Å². The molecule has 0 saturated heterocycles. The number of carbonyl (C=O) groups excluding carboxylic acids is 1. The minimum absolute atomic E-state index is 0.217. The molecule has 0 spiro atoms. The van der Waals surface area contributed by atoms with Gasteiger partial charge in [0.2, 0.25) is 5.78 Å². The van der Waals surface area contributed by atoms with Gasteiger partial charge in [0.25, 0.3) is 0 Å². The summed E-state index contributed by atoms with van der Waals surface area (Å²) < 4.78 is 7.00. The minimum Gasteiger partial charge on any atom is -0.461 e. The first-order valence-electron chi connectivity index (χ1n) is 8.17. The first-order chi connectivity index (χ1) is 12.2. The summed E-state index contributed by atoms with van der Waals surface area (Å²) in [6.07, 6.45) is 7.87. The number of hydrogen-bond donors (Lipinski definition) is 1. The lowest BCUT2D eigenvalue weighted by atomic mass is 9.88. The molecule has 3 rings (SSSR count). The third-order valence-electron chi connectivity index (χ3n) is 4.09. The van der Waals surface area contributed by atoms with Gasteiger partial charge in [-0.2, -0.15) is 5.10 Å². The standard InChI is InChI=1S/C20H20N2O3/c1-2-7-18(23)16(20(24)19-10-5-13-25-19)14-15-8-3-4-9-17(15)22-12-6-11-21-22/h2-13,16,18,23H,14H2,1H3/b7-2+/t16-,18+/m1/s1. The topological polar surface area (TPSA) is 68.3 Å². The highest BCUT2D eigenvalue weighted by molar-refractivity contribution is 5.96. The van der Waals surface area contributed by atoms with Crippen LogP contribution in [0.15, 0.2) is 77.7 Å². The fourth-order valence-corrected chi connectivity index (χ4v) is 2.86. The van der Waals surface area contributed by atoms with Crippen molar-refractivity contribution < 1.29 is 14.3 Å². The van der Waals surface area contributed by atoms with Crippen molar-refractivity contribution in [1.29, 1.82) is 0 Å². The van der Waals surface area contributed by atoms with Gasteiger partial charge in [-0.3, -0.25) is 4.79 Å². The summed E-state index contributed by atoms with van der Waals surface area (Å²) in [6, 6.07) is 12.9. The number of hydrogen-bond acceptors (Lipinski definition) is 4. The number of allylic oxidation sites excluding steroid dienone is 1. The summed E-state index contributed by atoms with van der Waals surface area (Å²) in [4.78, 5) is 12.8. The maximum Gasteiger partial charge on any atom is 0.204 e. The van der Waals surface area contributed by atoms with Gasteiger partial charge in [-0.1, -0.05) is 30.4 Å². The molecule has 0 radical (unpaired) electrons. The Labute approximate surface area is 146 Å². The summed E-state index contributed by atoms with van der Waals surface area (Å²) in [7, 11) is 0. The van der Waals surface area contributed by atoms with Crippen LogP contribution in [0.25, 0.3) is 5.69 Å². The smallest absolute Gasteiger partial charge is 0.204 e. The molecule has 0 fully saturated rings. The molecule has 3 aromatic rings. The maximum atomic E-state index is 12.8. The Morgan fingerprint density at radius 1 is 1.28 bits per heavy atom. The molecule has 0 aliphatic rings. The van der Waals surface area contributed by atoms with Crippen LogP contribution in [0.3, 0.4) is 0 Å². The second kappa shape index (κ2) is 7.77. The van der Waals surface area contributed by atoms with Gasteiger partial charge in [-0.25, -0.2) is 4.68 Å². The molecule has 0 aliphatic heterocycles. The van der Waals surface area contributed by atoms with Crippen LogP contribution in [0.1, 0.15) is 23.0 Å². The van der Waals surface area contributed by atoms with Crippen LogP contribution in [0.2, 0.25) is 0 Å². The molecular formula is C20H20N2O3. The van der Waals surface area contributed by atoms with Gasteiger partial charge >= 0.3 is 0 Å². The van der Waals surface area contributed by atoms with Crippen molar-refractivity contribution in [2.75, 3.05) is 0 Å². The van der Waals surface area contributed by atoms with Crippen molar-refractivity contribution in [2.45, 2.75) is 19.4 Å². The number of rotatable bonds is 7. The number of para-hydroxylation sites is 1. The van der Waals surface area contributed by atoms with E-state index in [0.717, 1.165) is 11.3 Å². The van der Waals surface area contributed by atoms with Crippen LogP contribution in [0.5, 0.6) is 0 Å². The summed E-state index contributed by atoms with van der Waals surface area (Å²) in [5, 5.41) is 14.8. The summed E-state index contributed by atoms with van der Waals surface area (Å²) in [5.41, 5.74) is 1.82. The molecule has 2 atom stereocenters. The quantitative estimate of drug-likeness (QED) is 0.530. The zero-order valence-electron chi connectivity index (χ0n) is 13.9. The molecule has 1 aromatic carbocycles. The number of furan rings is 1. The number of aliphatic hydroxyl groups is 1. The molecule has 2 aromatic heterocycles. The lowest BCUT2D eigenvalue weighted by molar-refractivity contribution is 0.0750. The Balaban J connectivity index is 1.95. The molecule has 0 saturated carbocycles. The number of benzene rings is 1. The Morgan fingerprint density at radius 3 is 2.80 bits per heavy atom. The molecule has 1 N–H and O–H groups in total. The van der Waals surface area contributed by atoms with E-state index in [1.54, 1.807) is 35.2 Å². The van der Waals surface area contributed by atoms with E-state index in [0.29, 0.717) is 6.42 Å². The van der Waals surface area contributed by atoms with E-state index in [1.165, 1.54) is 6.26 Å². The van der Waals surface area contributed by atoms with Crippen molar-refractivity contribution in [3.8, 4) is 5.69 Å². The SMILES string of the molecule is C/C=C/[C@H](O)[C@@H](Cc1ccccc1-n1cccn1)C(=O)c1ccco1. The normalized spacial score (nSPS) is 13.8. The minimum atomic E-state index is -0.895. The predicted octanol–water partition coefficient (Wildman–Crippen LogP) is 3.44. The van der Waals surface area contributed by atoms with Crippen LogP contribution in [0, 0.1) is 5.92 Å². The summed E-state index contributed by atoms with van der Waals surface area (Å²) >= 11 is 0. The fraction of sp³-hybridized carbons (Fsp3) is 0.200. The molecule has 25 heavy (non-hydrogen) atoms. The molecule has 5 heteroatoms. The Bertz CT molecular complexity index is 836. The number of aliphatic hydroxyl groups excluding tert-OH is 1. The molecule has 0 unspecified atom stereocenters. The second-order valence-corrected chi connectivity index (χ2v) is 5.75. The van der Waals surface area contributed by atoms with E-state index >= 15 is 0 Å². The van der Waals surface area contributed by atoms with E-state index in [9.17, 15) is 9.90 Å². The second-order valence-electron chi connectivity index (χ2n) is 5.75. The van der Waals surface area contributed by atoms with E-state index in [1.807, 2.05) is 43.5 Å². The lowest BCUT2D eigenvalue weighted by Crippen LogP contribution is -2.29. The van der Waals surface area contributed by atoms with Gasteiger partial charge < -0.3 is 9.52 Å². The first-order valence-corrected chi connectivity index (χ1v) is 8.17. The van der Waals surface area contributed by atoms with Crippen LogP contribution in [-0.4, -0.2) is 26.8 Å². The largest absolute Gasteiger partial charge is 0.461 e. The lowest BCUT2D eigenvalue weighted by Gasteiger charge is -2.20. The third kappa shape index (κ3) is 3.78. The van der Waals surface area contributed by atoms with Crippen LogP contribution in [0.4, 0.5) is 0 Å². The van der Waals surface area contributed by atoms with Gasteiger partial charge in [0.15, 0.2) is 5.76 Å². The van der Waals surface area contributed by atoms with Crippen LogP contribution < -0.4 is 0 Å². The number of Topliss-reactive ketones (excluding diaryl/α,β-unsaturated/α-hetero) is 1. The molecule has 128 valence electrons.